The fraction of sp³-hybridized carbons (Fsp3) is 0.357. The van der Waals surface area contributed by atoms with Crippen molar-refractivity contribution in [3.05, 3.63) is 34.3 Å². The molecule has 0 amide bonds. The lowest BCUT2D eigenvalue weighted by atomic mass is 10.0. The third kappa shape index (κ3) is 3.02. The summed E-state index contributed by atoms with van der Waals surface area (Å²) in [6.45, 7) is 0. The van der Waals surface area contributed by atoms with Crippen LogP contribution in [-0.2, 0) is 6.42 Å². The SMILES string of the molecule is COc1cc(OC)c(C(O)Cc2cncs2)cc1OC. The van der Waals surface area contributed by atoms with Crippen molar-refractivity contribution in [2.75, 3.05) is 21.3 Å². The minimum atomic E-state index is -0.690. The lowest BCUT2D eigenvalue weighted by Gasteiger charge is -2.17. The van der Waals surface area contributed by atoms with Gasteiger partial charge in [-0.1, -0.05) is 0 Å². The second kappa shape index (κ2) is 6.58. The predicted molar refractivity (Wildman–Crippen MR) is 76.9 cm³/mol. The van der Waals surface area contributed by atoms with E-state index in [9.17, 15) is 5.11 Å². The summed E-state index contributed by atoms with van der Waals surface area (Å²) in [6.07, 6.45) is 1.54. The van der Waals surface area contributed by atoms with Gasteiger partial charge >= 0.3 is 0 Å². The van der Waals surface area contributed by atoms with E-state index in [2.05, 4.69) is 4.98 Å². The van der Waals surface area contributed by atoms with Gasteiger partial charge in [-0.3, -0.25) is 4.98 Å². The molecule has 108 valence electrons. The molecule has 1 unspecified atom stereocenters. The fourth-order valence-electron chi connectivity index (χ4n) is 1.96. The molecule has 0 aliphatic rings. The van der Waals surface area contributed by atoms with E-state index in [0.29, 0.717) is 29.2 Å². The van der Waals surface area contributed by atoms with Gasteiger partial charge in [0.2, 0.25) is 0 Å². The van der Waals surface area contributed by atoms with Crippen molar-refractivity contribution >= 4 is 11.3 Å². The second-order valence-corrected chi connectivity index (χ2v) is 5.11. The van der Waals surface area contributed by atoms with Gasteiger partial charge in [-0.2, -0.15) is 0 Å². The van der Waals surface area contributed by atoms with E-state index in [1.54, 1.807) is 45.2 Å². The van der Waals surface area contributed by atoms with Crippen molar-refractivity contribution in [1.29, 1.82) is 0 Å². The molecular weight excluding hydrogens is 278 g/mol. The van der Waals surface area contributed by atoms with Crippen molar-refractivity contribution in [2.45, 2.75) is 12.5 Å². The van der Waals surface area contributed by atoms with Crippen LogP contribution in [0.1, 0.15) is 16.5 Å². The van der Waals surface area contributed by atoms with Crippen LogP contribution in [0.25, 0.3) is 0 Å². The number of aliphatic hydroxyl groups excluding tert-OH is 1. The smallest absolute Gasteiger partial charge is 0.164 e. The molecule has 1 N–H and O–H groups in total. The number of rotatable bonds is 6. The molecule has 2 aromatic rings. The number of methoxy groups -OCH3 is 3. The minimum Gasteiger partial charge on any atom is -0.496 e. The molecular formula is C14H17NO4S. The Morgan fingerprint density at radius 2 is 1.75 bits per heavy atom. The van der Waals surface area contributed by atoms with E-state index in [1.165, 1.54) is 11.3 Å². The van der Waals surface area contributed by atoms with Crippen LogP contribution >= 0.6 is 11.3 Å². The highest BCUT2D eigenvalue weighted by Gasteiger charge is 2.19. The van der Waals surface area contributed by atoms with Crippen molar-refractivity contribution in [2.24, 2.45) is 0 Å². The Morgan fingerprint density at radius 3 is 2.30 bits per heavy atom. The summed E-state index contributed by atoms with van der Waals surface area (Å²) >= 11 is 1.51. The normalized spacial score (nSPS) is 12.0. The van der Waals surface area contributed by atoms with Gasteiger partial charge in [0.1, 0.15) is 5.75 Å². The maximum atomic E-state index is 10.4. The highest BCUT2D eigenvalue weighted by molar-refractivity contribution is 7.09. The Kier molecular flexibility index (Phi) is 4.81. The lowest BCUT2D eigenvalue weighted by molar-refractivity contribution is 0.174. The van der Waals surface area contributed by atoms with E-state index in [-0.39, 0.29) is 0 Å². The van der Waals surface area contributed by atoms with Gasteiger partial charge in [0.25, 0.3) is 0 Å². The third-order valence-corrected chi connectivity index (χ3v) is 3.77. The van der Waals surface area contributed by atoms with Crippen LogP contribution in [0.4, 0.5) is 0 Å². The largest absolute Gasteiger partial charge is 0.496 e. The Labute approximate surface area is 121 Å². The topological polar surface area (TPSA) is 60.8 Å². The molecule has 0 saturated carbocycles. The predicted octanol–water partition coefficient (Wildman–Crippen LogP) is 2.45. The first-order valence-corrected chi connectivity index (χ1v) is 6.93. The molecule has 1 aromatic carbocycles. The van der Waals surface area contributed by atoms with Gasteiger partial charge in [0.15, 0.2) is 11.5 Å². The highest BCUT2D eigenvalue weighted by Crippen LogP contribution is 2.38. The van der Waals surface area contributed by atoms with Crippen molar-refractivity contribution in [1.82, 2.24) is 4.98 Å². The van der Waals surface area contributed by atoms with E-state index < -0.39 is 6.10 Å². The molecule has 0 spiro atoms. The van der Waals surface area contributed by atoms with Crippen LogP contribution in [0, 0.1) is 0 Å². The molecule has 0 fully saturated rings. The number of aromatic nitrogens is 1. The molecule has 20 heavy (non-hydrogen) atoms. The minimum absolute atomic E-state index is 0.483. The van der Waals surface area contributed by atoms with E-state index >= 15 is 0 Å². The van der Waals surface area contributed by atoms with Crippen molar-refractivity contribution in [3.8, 4) is 17.2 Å². The molecule has 1 aromatic heterocycles. The first-order chi connectivity index (χ1) is 9.69. The molecule has 0 bridgehead atoms. The van der Waals surface area contributed by atoms with E-state index in [0.717, 1.165) is 4.88 Å². The standard InChI is InChI=1S/C14H17NO4S/c1-17-12-6-14(19-3)13(18-2)5-10(12)11(16)4-9-7-15-8-20-9/h5-8,11,16H,4H2,1-3H3. The Bertz CT molecular complexity index is 557. The molecule has 0 aliphatic carbocycles. The zero-order valence-corrected chi connectivity index (χ0v) is 12.4. The quantitative estimate of drug-likeness (QED) is 0.887. The average molecular weight is 295 g/mol. The molecule has 0 aliphatic heterocycles. The molecule has 0 saturated heterocycles. The monoisotopic (exact) mass is 295 g/mol. The summed E-state index contributed by atoms with van der Waals surface area (Å²) in [5, 5.41) is 10.4. The van der Waals surface area contributed by atoms with E-state index in [4.69, 9.17) is 14.2 Å². The Hall–Kier alpha value is -1.79. The van der Waals surface area contributed by atoms with Crippen LogP contribution in [-0.4, -0.2) is 31.4 Å². The molecule has 5 nitrogen and oxygen atoms in total. The fourth-order valence-corrected chi connectivity index (χ4v) is 2.59. The zero-order chi connectivity index (χ0) is 14.5. The molecule has 6 heteroatoms. The maximum absolute atomic E-state index is 10.4. The average Bonchev–Trinajstić information content (AvgIpc) is 2.98. The van der Waals surface area contributed by atoms with Gasteiger partial charge < -0.3 is 19.3 Å². The van der Waals surface area contributed by atoms with Gasteiger partial charge in [-0.25, -0.2) is 0 Å². The van der Waals surface area contributed by atoms with Crippen LogP contribution in [0.15, 0.2) is 23.8 Å². The van der Waals surface area contributed by atoms with Crippen molar-refractivity contribution < 1.29 is 19.3 Å². The van der Waals surface area contributed by atoms with Crippen LogP contribution in [0.2, 0.25) is 0 Å². The highest BCUT2D eigenvalue weighted by atomic mass is 32.1. The maximum Gasteiger partial charge on any atom is 0.164 e. The summed E-state index contributed by atoms with van der Waals surface area (Å²) in [4.78, 5) is 5.01. The van der Waals surface area contributed by atoms with Crippen LogP contribution < -0.4 is 14.2 Å². The molecule has 0 radical (unpaired) electrons. The number of nitrogens with zero attached hydrogens (tertiary/aromatic N) is 1. The van der Waals surface area contributed by atoms with Gasteiger partial charge in [0.05, 0.1) is 32.9 Å². The number of aliphatic hydroxyl groups is 1. The zero-order valence-electron chi connectivity index (χ0n) is 11.6. The number of thiazole rings is 1. The number of benzene rings is 1. The van der Waals surface area contributed by atoms with Gasteiger partial charge in [0, 0.05) is 29.1 Å². The molecule has 2 rings (SSSR count). The third-order valence-electron chi connectivity index (χ3n) is 2.97. The number of hydrogen-bond donors (Lipinski definition) is 1. The summed E-state index contributed by atoms with van der Waals surface area (Å²) < 4.78 is 15.8. The molecule has 1 heterocycles. The first kappa shape index (κ1) is 14.6. The first-order valence-electron chi connectivity index (χ1n) is 6.05. The number of hydrogen-bond acceptors (Lipinski definition) is 6. The second-order valence-electron chi connectivity index (χ2n) is 4.14. The number of ether oxygens (including phenoxy) is 3. The molecule has 1 atom stereocenters. The van der Waals surface area contributed by atoms with Crippen LogP contribution in [0.3, 0.4) is 0 Å². The van der Waals surface area contributed by atoms with Gasteiger partial charge in [-0.15, -0.1) is 11.3 Å². The summed E-state index contributed by atoms with van der Waals surface area (Å²) in [6, 6.07) is 3.45. The van der Waals surface area contributed by atoms with Crippen molar-refractivity contribution in [3.63, 3.8) is 0 Å². The van der Waals surface area contributed by atoms with E-state index in [1.807, 2.05) is 0 Å². The van der Waals surface area contributed by atoms with Gasteiger partial charge in [-0.05, 0) is 6.07 Å². The Balaban J connectivity index is 2.33. The van der Waals surface area contributed by atoms with Crippen LogP contribution in [0.5, 0.6) is 17.2 Å². The summed E-state index contributed by atoms with van der Waals surface area (Å²) in [5.74, 6) is 1.70. The lowest BCUT2D eigenvalue weighted by Crippen LogP contribution is -2.05. The summed E-state index contributed by atoms with van der Waals surface area (Å²) in [5.41, 5.74) is 2.41. The Morgan fingerprint density at radius 1 is 1.10 bits per heavy atom. The summed E-state index contributed by atoms with van der Waals surface area (Å²) in [7, 11) is 4.68.